The molecule has 0 spiro atoms. The molecular weight excluding hydrogens is 346 g/mol. The first kappa shape index (κ1) is 14.2. The Bertz CT molecular complexity index is 694. The maximum atomic E-state index is 5.77. The number of ether oxygens (including phenoxy) is 1. The normalized spacial score (nSPS) is 10.3. The molecule has 0 saturated heterocycles. The monoisotopic (exact) mass is 359 g/mol. The lowest BCUT2D eigenvalue weighted by molar-refractivity contribution is 0.483. The molecule has 0 aliphatic heterocycles. The van der Waals surface area contributed by atoms with Crippen molar-refractivity contribution in [1.29, 1.82) is 0 Å². The van der Waals surface area contributed by atoms with Crippen molar-refractivity contribution in [1.82, 2.24) is 0 Å². The highest BCUT2D eigenvalue weighted by Crippen LogP contribution is 2.25. The second-order valence-electron chi connectivity index (χ2n) is 4.48. The molecule has 0 saturated carbocycles. The van der Waals surface area contributed by atoms with Crippen molar-refractivity contribution in [3.05, 3.63) is 75.4 Å². The van der Waals surface area contributed by atoms with E-state index in [2.05, 4.69) is 32.7 Å². The van der Waals surface area contributed by atoms with Crippen molar-refractivity contribution in [2.75, 3.05) is 5.32 Å². The molecule has 0 bridgehead atoms. The van der Waals surface area contributed by atoms with Gasteiger partial charge in [0.25, 0.3) is 0 Å². The lowest BCUT2D eigenvalue weighted by atomic mass is 10.3. The zero-order valence-corrected chi connectivity index (χ0v) is 13.7. The van der Waals surface area contributed by atoms with E-state index in [1.54, 1.807) is 11.3 Å². The fraction of sp³-hybridized carbons (Fsp3) is 0.0588. The number of halogens is 1. The summed E-state index contributed by atoms with van der Waals surface area (Å²) in [5.74, 6) is 1.68. The van der Waals surface area contributed by atoms with E-state index in [-0.39, 0.29) is 0 Å². The summed E-state index contributed by atoms with van der Waals surface area (Å²) in [7, 11) is 0. The van der Waals surface area contributed by atoms with E-state index in [1.807, 2.05) is 54.6 Å². The maximum Gasteiger partial charge on any atom is 0.127 e. The summed E-state index contributed by atoms with van der Waals surface area (Å²) in [6, 6.07) is 19.9. The molecule has 1 N–H and O–H groups in total. The highest BCUT2D eigenvalue weighted by atomic mass is 79.9. The fourth-order valence-electron chi connectivity index (χ4n) is 1.90. The van der Waals surface area contributed by atoms with Crippen LogP contribution in [0, 0.1) is 0 Å². The predicted octanol–water partition coefficient (Wildman–Crippen LogP) is 5.92. The lowest BCUT2D eigenvalue weighted by Gasteiger charge is -2.08. The number of thiophene rings is 1. The van der Waals surface area contributed by atoms with Crippen molar-refractivity contribution in [2.45, 2.75) is 6.54 Å². The van der Waals surface area contributed by atoms with Crippen LogP contribution in [0.15, 0.2) is 70.5 Å². The van der Waals surface area contributed by atoms with Gasteiger partial charge < -0.3 is 10.1 Å². The first-order valence-electron chi connectivity index (χ1n) is 6.60. The second kappa shape index (κ2) is 6.78. The summed E-state index contributed by atoms with van der Waals surface area (Å²) < 4.78 is 6.93. The molecule has 0 atom stereocenters. The van der Waals surface area contributed by atoms with Gasteiger partial charge in [-0.15, -0.1) is 11.3 Å². The molecule has 2 nitrogen and oxygen atoms in total. The third kappa shape index (κ3) is 3.86. The first-order chi connectivity index (χ1) is 10.3. The van der Waals surface area contributed by atoms with E-state index in [9.17, 15) is 0 Å². The maximum absolute atomic E-state index is 5.77. The van der Waals surface area contributed by atoms with Gasteiger partial charge in [0.1, 0.15) is 11.5 Å². The molecule has 1 aromatic heterocycles. The molecule has 4 heteroatoms. The number of hydrogen-bond donors (Lipinski definition) is 1. The first-order valence-corrected chi connectivity index (χ1v) is 8.27. The zero-order chi connectivity index (χ0) is 14.5. The molecule has 0 aliphatic rings. The Balaban J connectivity index is 1.60. The largest absolute Gasteiger partial charge is 0.457 e. The van der Waals surface area contributed by atoms with Crippen molar-refractivity contribution in [3.63, 3.8) is 0 Å². The molecule has 2 aromatic carbocycles. The number of para-hydroxylation sites is 1. The molecular formula is C17H14BrNOS. The Morgan fingerprint density at radius 3 is 2.29 bits per heavy atom. The third-order valence-electron chi connectivity index (χ3n) is 2.98. The molecule has 0 amide bonds. The lowest BCUT2D eigenvalue weighted by Crippen LogP contribution is -1.97. The summed E-state index contributed by atoms with van der Waals surface area (Å²) in [5.41, 5.74) is 1.08. The van der Waals surface area contributed by atoms with Gasteiger partial charge >= 0.3 is 0 Å². The van der Waals surface area contributed by atoms with Crippen LogP contribution in [0.2, 0.25) is 0 Å². The number of anilines is 1. The Kier molecular flexibility index (Phi) is 4.58. The van der Waals surface area contributed by atoms with E-state index in [0.717, 1.165) is 28.2 Å². The van der Waals surface area contributed by atoms with E-state index >= 15 is 0 Å². The van der Waals surface area contributed by atoms with Gasteiger partial charge in [-0.2, -0.15) is 0 Å². The Morgan fingerprint density at radius 2 is 1.62 bits per heavy atom. The average molecular weight is 360 g/mol. The van der Waals surface area contributed by atoms with Crippen LogP contribution in [0.25, 0.3) is 0 Å². The van der Waals surface area contributed by atoms with Crippen LogP contribution >= 0.6 is 27.3 Å². The predicted molar refractivity (Wildman–Crippen MR) is 92.3 cm³/mol. The molecule has 0 fully saturated rings. The number of hydrogen-bond acceptors (Lipinski definition) is 3. The van der Waals surface area contributed by atoms with Gasteiger partial charge in [-0.05, 0) is 63.8 Å². The molecule has 1 heterocycles. The standard InChI is InChI=1S/C17H14BrNOS/c18-16-10-11-21-17(16)12-19-13-6-8-15(9-7-13)20-14-4-2-1-3-5-14/h1-11,19H,12H2. The van der Waals surface area contributed by atoms with Gasteiger partial charge in [0, 0.05) is 15.0 Å². The van der Waals surface area contributed by atoms with Gasteiger partial charge in [0.2, 0.25) is 0 Å². The van der Waals surface area contributed by atoms with Crippen LogP contribution in [0.4, 0.5) is 5.69 Å². The fourth-order valence-corrected chi connectivity index (χ4v) is 3.33. The highest BCUT2D eigenvalue weighted by molar-refractivity contribution is 9.10. The molecule has 3 aromatic rings. The number of benzene rings is 2. The summed E-state index contributed by atoms with van der Waals surface area (Å²) in [4.78, 5) is 1.29. The quantitative estimate of drug-likeness (QED) is 0.610. The molecule has 0 radical (unpaired) electrons. The second-order valence-corrected chi connectivity index (χ2v) is 6.34. The van der Waals surface area contributed by atoms with Crippen molar-refractivity contribution >= 4 is 33.0 Å². The van der Waals surface area contributed by atoms with Gasteiger partial charge in [0.15, 0.2) is 0 Å². The summed E-state index contributed by atoms with van der Waals surface area (Å²) in [6.45, 7) is 0.817. The van der Waals surface area contributed by atoms with E-state index < -0.39 is 0 Å². The van der Waals surface area contributed by atoms with E-state index in [0.29, 0.717) is 0 Å². The zero-order valence-electron chi connectivity index (χ0n) is 11.3. The van der Waals surface area contributed by atoms with Gasteiger partial charge in [-0.3, -0.25) is 0 Å². The number of rotatable bonds is 5. The van der Waals surface area contributed by atoms with Crippen LogP contribution in [0.5, 0.6) is 11.5 Å². The minimum Gasteiger partial charge on any atom is -0.457 e. The van der Waals surface area contributed by atoms with Crippen molar-refractivity contribution < 1.29 is 4.74 Å². The minimum atomic E-state index is 0.817. The molecule has 0 aliphatic carbocycles. The van der Waals surface area contributed by atoms with Crippen LogP contribution < -0.4 is 10.1 Å². The van der Waals surface area contributed by atoms with Gasteiger partial charge in [-0.25, -0.2) is 0 Å². The van der Waals surface area contributed by atoms with Gasteiger partial charge in [-0.1, -0.05) is 18.2 Å². The van der Waals surface area contributed by atoms with E-state index in [1.165, 1.54) is 4.88 Å². The van der Waals surface area contributed by atoms with Crippen LogP contribution in [0.3, 0.4) is 0 Å². The summed E-state index contributed by atoms with van der Waals surface area (Å²) in [6.07, 6.45) is 0. The minimum absolute atomic E-state index is 0.817. The SMILES string of the molecule is Brc1ccsc1CNc1ccc(Oc2ccccc2)cc1. The molecule has 0 unspecified atom stereocenters. The molecule has 21 heavy (non-hydrogen) atoms. The number of nitrogens with one attached hydrogen (secondary N) is 1. The molecule has 3 rings (SSSR count). The third-order valence-corrected chi connectivity index (χ3v) is 4.90. The van der Waals surface area contributed by atoms with Crippen LogP contribution in [0.1, 0.15) is 4.88 Å². The Hall–Kier alpha value is -1.78. The Labute approximate surface area is 136 Å². The smallest absolute Gasteiger partial charge is 0.127 e. The Morgan fingerprint density at radius 1 is 0.905 bits per heavy atom. The van der Waals surface area contributed by atoms with Crippen molar-refractivity contribution in [2.24, 2.45) is 0 Å². The molecule has 106 valence electrons. The highest BCUT2D eigenvalue weighted by Gasteiger charge is 2.01. The summed E-state index contributed by atoms with van der Waals surface area (Å²) in [5, 5.41) is 5.49. The van der Waals surface area contributed by atoms with Crippen LogP contribution in [-0.2, 0) is 6.54 Å². The topological polar surface area (TPSA) is 21.3 Å². The summed E-state index contributed by atoms with van der Waals surface area (Å²) >= 11 is 5.28. The van der Waals surface area contributed by atoms with E-state index in [4.69, 9.17) is 4.74 Å². The van der Waals surface area contributed by atoms with Crippen molar-refractivity contribution in [3.8, 4) is 11.5 Å². The van der Waals surface area contributed by atoms with Crippen LogP contribution in [-0.4, -0.2) is 0 Å². The average Bonchev–Trinajstić information content (AvgIpc) is 2.93. The van der Waals surface area contributed by atoms with Gasteiger partial charge in [0.05, 0.1) is 6.54 Å².